The van der Waals surface area contributed by atoms with Gasteiger partial charge in [-0.1, -0.05) is 46.4 Å². The SMILES string of the molecule is Cc1ncc([N+](=O)[O-])n1CCOC(=O)NC(n1cnc2c(Cl)nc(N)nc21)C(Cl)(Cl)Cl. The molecule has 0 aliphatic heterocycles. The fourth-order valence-corrected chi connectivity index (χ4v) is 3.36. The topological polar surface area (TPSA) is 169 Å². The molecule has 0 bridgehead atoms. The van der Waals surface area contributed by atoms with Gasteiger partial charge in [-0.25, -0.2) is 19.3 Å². The van der Waals surface area contributed by atoms with Crippen LogP contribution in [0.1, 0.15) is 12.0 Å². The van der Waals surface area contributed by atoms with Crippen LogP contribution in [-0.4, -0.2) is 50.5 Å². The van der Waals surface area contributed by atoms with Crippen LogP contribution in [0.5, 0.6) is 0 Å². The van der Waals surface area contributed by atoms with E-state index in [0.717, 1.165) is 6.20 Å². The Kier molecular flexibility index (Phi) is 6.59. The summed E-state index contributed by atoms with van der Waals surface area (Å²) in [5.41, 5.74) is 5.89. The lowest BCUT2D eigenvalue weighted by molar-refractivity contribution is -0.392. The van der Waals surface area contributed by atoms with Gasteiger partial charge in [-0.2, -0.15) is 9.97 Å². The molecule has 0 radical (unpaired) electrons. The number of nitro groups is 1. The smallest absolute Gasteiger partial charge is 0.409 e. The highest BCUT2D eigenvalue weighted by molar-refractivity contribution is 6.68. The fraction of sp³-hybridized carbons (Fsp3) is 0.357. The average molecular weight is 513 g/mol. The third-order valence-electron chi connectivity index (χ3n) is 4.01. The van der Waals surface area contributed by atoms with Gasteiger partial charge in [-0.15, -0.1) is 0 Å². The number of carbonyl (C=O) groups excluding carboxylic acids is 1. The number of anilines is 1. The quantitative estimate of drug-likeness (QED) is 0.218. The van der Waals surface area contributed by atoms with Crippen molar-refractivity contribution in [1.82, 2.24) is 34.4 Å². The average Bonchev–Trinajstić information content (AvgIpc) is 3.23. The van der Waals surface area contributed by atoms with Gasteiger partial charge in [0.15, 0.2) is 22.8 Å². The summed E-state index contributed by atoms with van der Waals surface area (Å²) in [6.45, 7) is 1.35. The molecule has 0 saturated heterocycles. The number of nitrogens with zero attached hydrogens (tertiary/aromatic N) is 7. The lowest BCUT2D eigenvalue weighted by atomic mass is 10.5. The maximum absolute atomic E-state index is 12.3. The molecule has 1 unspecified atom stereocenters. The number of aromatic nitrogens is 6. The second kappa shape index (κ2) is 8.86. The first kappa shape index (κ1) is 23.1. The fourth-order valence-electron chi connectivity index (χ4n) is 2.66. The van der Waals surface area contributed by atoms with Gasteiger partial charge in [-0.05, 0) is 4.92 Å². The largest absolute Gasteiger partial charge is 0.445 e. The Morgan fingerprint density at radius 3 is 2.74 bits per heavy atom. The number of carbonyl (C=O) groups is 1. The third kappa shape index (κ3) is 5.01. The molecule has 3 aromatic heterocycles. The Balaban J connectivity index is 1.75. The number of halogens is 4. The molecule has 1 amide bonds. The molecule has 0 aliphatic rings. The Morgan fingerprint density at radius 1 is 1.39 bits per heavy atom. The minimum Gasteiger partial charge on any atom is -0.445 e. The normalized spacial score (nSPS) is 12.7. The summed E-state index contributed by atoms with van der Waals surface area (Å²) in [6.07, 6.45) is 0.0590. The van der Waals surface area contributed by atoms with Crippen molar-refractivity contribution in [3.8, 4) is 0 Å². The summed E-state index contributed by atoms with van der Waals surface area (Å²) in [6, 6.07) is 0. The van der Waals surface area contributed by atoms with Crippen molar-refractivity contribution in [3.05, 3.63) is 33.6 Å². The molecule has 3 aromatic rings. The Labute approximate surface area is 193 Å². The number of rotatable bonds is 6. The van der Waals surface area contributed by atoms with Gasteiger partial charge < -0.3 is 20.6 Å². The molecule has 0 saturated carbocycles. The first-order valence-corrected chi connectivity index (χ1v) is 9.82. The van der Waals surface area contributed by atoms with Gasteiger partial charge >= 0.3 is 11.9 Å². The van der Waals surface area contributed by atoms with E-state index in [2.05, 4.69) is 25.3 Å². The lowest BCUT2D eigenvalue weighted by Crippen LogP contribution is -2.40. The van der Waals surface area contributed by atoms with Gasteiger partial charge in [0.1, 0.15) is 24.9 Å². The summed E-state index contributed by atoms with van der Waals surface area (Å²) in [7, 11) is 0. The van der Waals surface area contributed by atoms with Crippen LogP contribution in [-0.2, 0) is 11.3 Å². The van der Waals surface area contributed by atoms with E-state index in [1.165, 1.54) is 15.5 Å². The molecule has 0 spiro atoms. The molecule has 0 aliphatic carbocycles. The molecule has 0 fully saturated rings. The molecule has 3 heterocycles. The number of aryl methyl sites for hydroxylation is 1. The number of imidazole rings is 2. The third-order valence-corrected chi connectivity index (χ3v) is 4.89. The summed E-state index contributed by atoms with van der Waals surface area (Å²) in [5, 5.41) is 13.4. The first-order valence-electron chi connectivity index (χ1n) is 8.31. The van der Waals surface area contributed by atoms with Gasteiger partial charge in [0.05, 0.1) is 6.33 Å². The number of nitrogens with one attached hydrogen (secondary N) is 1. The van der Waals surface area contributed by atoms with Crippen LogP contribution < -0.4 is 11.1 Å². The molecule has 166 valence electrons. The highest BCUT2D eigenvalue weighted by atomic mass is 35.6. The second-order valence-corrected chi connectivity index (χ2v) is 8.72. The number of amides is 1. The number of fused-ring (bicyclic) bond motifs is 1. The molecular formula is C14H13Cl4N9O4. The molecular weight excluding hydrogens is 500 g/mol. The van der Waals surface area contributed by atoms with Gasteiger partial charge in [0.25, 0.3) is 0 Å². The van der Waals surface area contributed by atoms with Crippen LogP contribution in [0.3, 0.4) is 0 Å². The maximum atomic E-state index is 12.3. The predicted octanol–water partition coefficient (Wildman–Crippen LogP) is 2.77. The highest BCUT2D eigenvalue weighted by Gasteiger charge is 2.37. The van der Waals surface area contributed by atoms with E-state index in [1.807, 2.05) is 0 Å². The zero-order valence-electron chi connectivity index (χ0n) is 15.5. The van der Waals surface area contributed by atoms with Gasteiger partial charge in [-0.3, -0.25) is 9.88 Å². The van der Waals surface area contributed by atoms with Crippen LogP contribution in [0.4, 0.5) is 16.6 Å². The van der Waals surface area contributed by atoms with E-state index in [-0.39, 0.29) is 41.2 Å². The van der Waals surface area contributed by atoms with E-state index in [0.29, 0.717) is 5.82 Å². The van der Waals surface area contributed by atoms with Crippen molar-refractivity contribution in [2.24, 2.45) is 0 Å². The monoisotopic (exact) mass is 511 g/mol. The summed E-state index contributed by atoms with van der Waals surface area (Å²) < 4.78 is 5.53. The Hall–Kier alpha value is -2.61. The minimum atomic E-state index is -2.06. The van der Waals surface area contributed by atoms with E-state index in [9.17, 15) is 14.9 Å². The minimum absolute atomic E-state index is 0.0125. The van der Waals surface area contributed by atoms with Gasteiger partial charge in [0, 0.05) is 6.92 Å². The van der Waals surface area contributed by atoms with Crippen LogP contribution in [0, 0.1) is 17.0 Å². The predicted molar refractivity (Wildman–Crippen MR) is 112 cm³/mol. The molecule has 3 N–H and O–H groups in total. The Bertz CT molecular complexity index is 1140. The molecule has 13 nitrogen and oxygen atoms in total. The first-order chi connectivity index (χ1) is 14.5. The van der Waals surface area contributed by atoms with Crippen molar-refractivity contribution in [1.29, 1.82) is 0 Å². The number of nitrogens with two attached hydrogens (primary N) is 1. The van der Waals surface area contributed by atoms with E-state index >= 15 is 0 Å². The van der Waals surface area contributed by atoms with Crippen molar-refractivity contribution in [3.63, 3.8) is 0 Å². The van der Waals surface area contributed by atoms with Crippen molar-refractivity contribution in [2.45, 2.75) is 23.4 Å². The highest BCUT2D eigenvalue weighted by Crippen LogP contribution is 2.38. The molecule has 31 heavy (non-hydrogen) atoms. The molecule has 17 heteroatoms. The van der Waals surface area contributed by atoms with Crippen LogP contribution in [0.2, 0.25) is 5.15 Å². The maximum Gasteiger partial charge on any atom is 0.409 e. The van der Waals surface area contributed by atoms with Crippen LogP contribution in [0.15, 0.2) is 12.5 Å². The number of ether oxygens (including phenoxy) is 1. The molecule has 3 rings (SSSR count). The number of alkyl halides is 3. The van der Waals surface area contributed by atoms with Crippen LogP contribution >= 0.6 is 46.4 Å². The van der Waals surface area contributed by atoms with E-state index in [4.69, 9.17) is 56.9 Å². The van der Waals surface area contributed by atoms with Crippen LogP contribution in [0.25, 0.3) is 11.2 Å². The number of alkyl carbamates (subject to hydrolysis) is 1. The van der Waals surface area contributed by atoms with Crippen molar-refractivity contribution < 1.29 is 14.5 Å². The standard InChI is InChI=1S/C14H13Cl4N9O4/c1-6-20-4-7(27(29)30)25(6)2-3-31-13(28)24-11(14(16,17)18)26-5-21-8-9(15)22-12(19)23-10(8)26/h4-5,11H,2-3H2,1H3,(H,24,28)(H2,19,22,23). The van der Waals surface area contributed by atoms with Crippen molar-refractivity contribution in [2.75, 3.05) is 12.3 Å². The zero-order chi connectivity index (χ0) is 22.9. The second-order valence-electron chi connectivity index (χ2n) is 5.99. The zero-order valence-corrected chi connectivity index (χ0v) is 18.5. The van der Waals surface area contributed by atoms with Crippen molar-refractivity contribution >= 4 is 75.4 Å². The molecule has 0 aromatic carbocycles. The molecule has 1 atom stereocenters. The van der Waals surface area contributed by atoms with E-state index < -0.39 is 21.0 Å². The lowest BCUT2D eigenvalue weighted by Gasteiger charge is -2.26. The van der Waals surface area contributed by atoms with Gasteiger partial charge in [0.2, 0.25) is 9.74 Å². The number of hydrogen-bond donors (Lipinski definition) is 2. The van der Waals surface area contributed by atoms with E-state index in [1.54, 1.807) is 6.92 Å². The number of hydrogen-bond acceptors (Lipinski definition) is 9. The summed E-state index contributed by atoms with van der Waals surface area (Å²) in [4.78, 5) is 38.4. The Morgan fingerprint density at radius 2 is 2.10 bits per heavy atom. The summed E-state index contributed by atoms with van der Waals surface area (Å²) in [5.74, 6) is -0.00387. The summed E-state index contributed by atoms with van der Waals surface area (Å²) >= 11 is 24.1. The number of nitrogen functional groups attached to an aromatic ring is 1.